The maximum atomic E-state index is 14.4. The molecule has 0 aromatic heterocycles. The lowest BCUT2D eigenvalue weighted by atomic mass is 9.78. The molecule has 2 fully saturated rings. The molecule has 3 rings (SSSR count). The van der Waals surface area contributed by atoms with Crippen molar-refractivity contribution in [1.29, 1.82) is 0 Å². The molecule has 2 aliphatic rings. The molecule has 0 aliphatic carbocycles. The zero-order chi connectivity index (χ0) is 17.7. The Kier molecular flexibility index (Phi) is 4.11. The minimum Gasteiger partial charge on any atom is -0.444 e. The van der Waals surface area contributed by atoms with Crippen LogP contribution in [0.15, 0.2) is 18.2 Å². The van der Waals surface area contributed by atoms with Crippen LogP contribution in [-0.2, 0) is 10.3 Å². The minimum absolute atomic E-state index is 0.109. The Bertz CT molecular complexity index is 618. The maximum absolute atomic E-state index is 14.4. The number of nitrogens with zero attached hydrogens (tertiary/aromatic N) is 1. The van der Waals surface area contributed by atoms with Gasteiger partial charge in [0.2, 0.25) is 0 Å². The van der Waals surface area contributed by atoms with E-state index in [-0.39, 0.29) is 24.0 Å². The van der Waals surface area contributed by atoms with Crippen molar-refractivity contribution in [2.75, 3.05) is 0 Å². The first kappa shape index (κ1) is 17.2. The lowest BCUT2D eigenvalue weighted by molar-refractivity contribution is -0.0643. The number of benzene rings is 1. The second kappa shape index (κ2) is 5.73. The van der Waals surface area contributed by atoms with Crippen LogP contribution in [0.5, 0.6) is 0 Å². The number of amides is 1. The van der Waals surface area contributed by atoms with Crippen molar-refractivity contribution >= 4 is 6.09 Å². The van der Waals surface area contributed by atoms with Crippen LogP contribution in [0.2, 0.25) is 0 Å². The summed E-state index contributed by atoms with van der Waals surface area (Å²) in [6, 6.07) is 4.65. The molecular formula is C19H26FNO3. The highest BCUT2D eigenvalue weighted by molar-refractivity contribution is 5.70. The smallest absolute Gasteiger partial charge is 0.410 e. The normalized spacial score (nSPS) is 29.7. The Hall–Kier alpha value is -1.62. The van der Waals surface area contributed by atoms with Crippen LogP contribution in [0, 0.1) is 12.7 Å². The molecule has 2 unspecified atom stereocenters. The third kappa shape index (κ3) is 3.02. The Balaban J connectivity index is 1.86. The molecule has 4 nitrogen and oxygen atoms in total. The third-order valence-electron chi connectivity index (χ3n) is 5.06. The summed E-state index contributed by atoms with van der Waals surface area (Å²) in [6.45, 7) is 7.35. The van der Waals surface area contributed by atoms with Crippen LogP contribution in [0.3, 0.4) is 0 Å². The molecule has 2 aliphatic heterocycles. The molecule has 2 saturated heterocycles. The predicted molar refractivity (Wildman–Crippen MR) is 89.2 cm³/mol. The van der Waals surface area contributed by atoms with Gasteiger partial charge in [0.1, 0.15) is 11.4 Å². The Morgan fingerprint density at radius 1 is 1.29 bits per heavy atom. The van der Waals surface area contributed by atoms with Gasteiger partial charge in [0, 0.05) is 30.5 Å². The van der Waals surface area contributed by atoms with Gasteiger partial charge in [-0.05, 0) is 52.2 Å². The van der Waals surface area contributed by atoms with E-state index in [2.05, 4.69) is 0 Å². The summed E-state index contributed by atoms with van der Waals surface area (Å²) in [6.07, 6.45) is 2.01. The van der Waals surface area contributed by atoms with Crippen molar-refractivity contribution in [3.8, 4) is 0 Å². The predicted octanol–water partition coefficient (Wildman–Crippen LogP) is 3.88. The van der Waals surface area contributed by atoms with Gasteiger partial charge in [-0.15, -0.1) is 0 Å². The van der Waals surface area contributed by atoms with E-state index in [0.717, 1.165) is 18.4 Å². The fraction of sp³-hybridized carbons (Fsp3) is 0.632. The summed E-state index contributed by atoms with van der Waals surface area (Å²) >= 11 is 0. The van der Waals surface area contributed by atoms with Gasteiger partial charge in [-0.2, -0.15) is 0 Å². The van der Waals surface area contributed by atoms with Crippen molar-refractivity contribution in [3.05, 3.63) is 35.1 Å². The quantitative estimate of drug-likeness (QED) is 0.847. The molecule has 1 N–H and O–H groups in total. The number of rotatable bonds is 1. The Morgan fingerprint density at radius 3 is 2.38 bits per heavy atom. The molecule has 0 radical (unpaired) electrons. The fourth-order valence-electron chi connectivity index (χ4n) is 4.26. The summed E-state index contributed by atoms with van der Waals surface area (Å²) in [5.41, 5.74) is -0.639. The van der Waals surface area contributed by atoms with Crippen LogP contribution < -0.4 is 0 Å². The molecule has 0 saturated carbocycles. The summed E-state index contributed by atoms with van der Waals surface area (Å²) in [5.74, 6) is -0.373. The van der Waals surface area contributed by atoms with E-state index in [1.807, 2.05) is 33.8 Å². The topological polar surface area (TPSA) is 49.8 Å². The second-order valence-electron chi connectivity index (χ2n) is 8.14. The third-order valence-corrected chi connectivity index (χ3v) is 5.06. The molecule has 1 aromatic rings. The van der Waals surface area contributed by atoms with E-state index in [0.29, 0.717) is 18.4 Å². The summed E-state index contributed by atoms with van der Waals surface area (Å²) in [5, 5.41) is 11.2. The summed E-state index contributed by atoms with van der Waals surface area (Å²) < 4.78 is 19.9. The number of carbonyl (C=O) groups is 1. The van der Waals surface area contributed by atoms with Crippen molar-refractivity contribution < 1.29 is 19.0 Å². The molecule has 1 amide bonds. The van der Waals surface area contributed by atoms with Crippen LogP contribution in [0.1, 0.15) is 57.6 Å². The lowest BCUT2D eigenvalue weighted by Gasteiger charge is -2.44. The number of carbonyl (C=O) groups excluding carboxylic acids is 1. The monoisotopic (exact) mass is 335 g/mol. The molecule has 2 bridgehead atoms. The van der Waals surface area contributed by atoms with Crippen molar-refractivity contribution in [1.82, 2.24) is 4.90 Å². The molecular weight excluding hydrogens is 309 g/mol. The first-order chi connectivity index (χ1) is 11.1. The standard InChI is InChI=1S/C19H26FNO3/c1-12-6-5-7-15(20)16(12)19(23)10-13-8-9-14(11-19)21(13)17(22)24-18(2,3)4/h5-7,13-14,23H,8-11H2,1-4H3. The van der Waals surface area contributed by atoms with Crippen LogP contribution in [0.4, 0.5) is 9.18 Å². The SMILES string of the molecule is Cc1cccc(F)c1C1(O)CC2CCC(C1)N2C(=O)OC(C)(C)C. The van der Waals surface area contributed by atoms with Crippen molar-refractivity contribution in [3.63, 3.8) is 0 Å². The number of hydrogen-bond acceptors (Lipinski definition) is 3. The second-order valence-corrected chi connectivity index (χ2v) is 8.14. The molecule has 2 heterocycles. The van der Waals surface area contributed by atoms with Gasteiger partial charge >= 0.3 is 6.09 Å². The number of hydrogen-bond donors (Lipinski definition) is 1. The van der Waals surface area contributed by atoms with Gasteiger partial charge in [-0.1, -0.05) is 12.1 Å². The molecule has 2 atom stereocenters. The zero-order valence-electron chi connectivity index (χ0n) is 14.8. The number of fused-ring (bicyclic) bond motifs is 2. The van der Waals surface area contributed by atoms with Crippen LogP contribution in [0.25, 0.3) is 0 Å². The molecule has 0 spiro atoms. The molecule has 1 aromatic carbocycles. The largest absolute Gasteiger partial charge is 0.444 e. The molecule has 132 valence electrons. The fourth-order valence-corrected chi connectivity index (χ4v) is 4.26. The number of halogens is 1. The van der Waals surface area contributed by atoms with Gasteiger partial charge in [-0.25, -0.2) is 9.18 Å². The van der Waals surface area contributed by atoms with E-state index in [1.165, 1.54) is 6.07 Å². The van der Waals surface area contributed by atoms with Crippen LogP contribution >= 0.6 is 0 Å². The summed E-state index contributed by atoms with van der Waals surface area (Å²) in [7, 11) is 0. The number of aryl methyl sites for hydroxylation is 1. The number of ether oxygens (including phenoxy) is 1. The van der Waals surface area contributed by atoms with E-state index >= 15 is 0 Å². The Labute approximate surface area is 142 Å². The first-order valence-corrected chi connectivity index (χ1v) is 8.60. The van der Waals surface area contributed by atoms with Crippen molar-refractivity contribution in [2.24, 2.45) is 0 Å². The molecule has 24 heavy (non-hydrogen) atoms. The number of aliphatic hydroxyl groups is 1. The average molecular weight is 335 g/mol. The average Bonchev–Trinajstić information content (AvgIpc) is 2.70. The van der Waals surface area contributed by atoms with E-state index in [1.54, 1.807) is 11.0 Å². The highest BCUT2D eigenvalue weighted by atomic mass is 19.1. The zero-order valence-corrected chi connectivity index (χ0v) is 14.8. The minimum atomic E-state index is -1.22. The van der Waals surface area contributed by atoms with E-state index in [4.69, 9.17) is 4.74 Å². The molecule has 5 heteroatoms. The van der Waals surface area contributed by atoms with Crippen LogP contribution in [-0.4, -0.2) is 33.8 Å². The number of piperidine rings is 1. The van der Waals surface area contributed by atoms with Gasteiger partial charge in [0.05, 0.1) is 5.60 Å². The maximum Gasteiger partial charge on any atom is 0.410 e. The van der Waals surface area contributed by atoms with Gasteiger partial charge in [-0.3, -0.25) is 0 Å². The van der Waals surface area contributed by atoms with Gasteiger partial charge in [0.25, 0.3) is 0 Å². The highest BCUT2D eigenvalue weighted by Gasteiger charge is 2.52. The van der Waals surface area contributed by atoms with E-state index < -0.39 is 11.2 Å². The first-order valence-electron chi connectivity index (χ1n) is 8.60. The van der Waals surface area contributed by atoms with Crippen molar-refractivity contribution in [2.45, 2.75) is 76.7 Å². The van der Waals surface area contributed by atoms with Gasteiger partial charge < -0.3 is 14.7 Å². The lowest BCUT2D eigenvalue weighted by Crippen LogP contribution is -2.53. The summed E-state index contributed by atoms with van der Waals surface area (Å²) in [4.78, 5) is 14.3. The van der Waals surface area contributed by atoms with E-state index in [9.17, 15) is 14.3 Å². The Morgan fingerprint density at radius 2 is 1.88 bits per heavy atom. The van der Waals surface area contributed by atoms with Gasteiger partial charge in [0.15, 0.2) is 0 Å². The highest BCUT2D eigenvalue weighted by Crippen LogP contribution is 2.47.